The number of hydrogen-bond donors (Lipinski definition) is 2. The average Bonchev–Trinajstić information content (AvgIpc) is 2.87. The third kappa shape index (κ3) is 7.16. The van der Waals surface area contributed by atoms with Crippen LogP contribution in [0, 0.1) is 5.92 Å². The molecule has 1 fully saturated rings. The second-order valence-electron chi connectivity index (χ2n) is 6.59. The van der Waals surface area contributed by atoms with Gasteiger partial charge in [0.1, 0.15) is 0 Å². The van der Waals surface area contributed by atoms with Crippen molar-refractivity contribution in [1.29, 1.82) is 0 Å². The molecule has 2 N–H and O–H groups in total. The van der Waals surface area contributed by atoms with Gasteiger partial charge in [-0.1, -0.05) is 25.0 Å². The fourth-order valence-electron chi connectivity index (χ4n) is 2.38. The predicted octanol–water partition coefficient (Wildman–Crippen LogP) is 2.76. The second kappa shape index (κ2) is 8.05. The number of rotatable bonds is 5. The summed E-state index contributed by atoms with van der Waals surface area (Å²) in [7, 11) is 1.54. The fourth-order valence-corrected chi connectivity index (χ4v) is 2.38. The molecule has 1 saturated carbocycles. The van der Waals surface area contributed by atoms with Crippen LogP contribution in [-0.4, -0.2) is 30.7 Å². The topological polar surface area (TPSA) is 67.4 Å². The number of allylic oxidation sites excluding steroid dienone is 1. The molecule has 1 aliphatic rings. The van der Waals surface area contributed by atoms with E-state index in [0.717, 1.165) is 0 Å². The molecule has 0 aliphatic heterocycles. The number of carbonyl (C=O) groups excluding carboxylic acids is 2. The van der Waals surface area contributed by atoms with Crippen molar-refractivity contribution in [3.8, 4) is 0 Å². The standard InChI is InChI=1S/C16H28N2O3/c1-16(2,3)18-15(20)21-13(14(19)17-4)11-7-10-12-8-5-6-9-12/h7,10,12-13H,5-6,8-9,11H2,1-4H3,(H,17,19)(H,18,20)/t13-/m0/s1. The highest BCUT2D eigenvalue weighted by Crippen LogP contribution is 2.25. The SMILES string of the molecule is CNC(=O)[C@H](CC=CC1CCCC1)OC(=O)NC(C)(C)C. The lowest BCUT2D eigenvalue weighted by Crippen LogP contribution is -2.45. The number of ether oxygens (including phenoxy) is 1. The molecule has 0 bridgehead atoms. The lowest BCUT2D eigenvalue weighted by Gasteiger charge is -2.22. The number of likely N-dealkylation sites (N-methyl/N-ethyl adjacent to an activating group) is 1. The lowest BCUT2D eigenvalue weighted by atomic mass is 10.1. The Hall–Kier alpha value is -1.52. The van der Waals surface area contributed by atoms with E-state index in [1.807, 2.05) is 26.8 Å². The number of amides is 2. The quantitative estimate of drug-likeness (QED) is 0.767. The molecule has 0 spiro atoms. The van der Waals surface area contributed by atoms with Crippen molar-refractivity contribution in [2.45, 2.75) is 64.5 Å². The summed E-state index contributed by atoms with van der Waals surface area (Å²) in [5.74, 6) is 0.328. The Labute approximate surface area is 127 Å². The summed E-state index contributed by atoms with van der Waals surface area (Å²) in [6.45, 7) is 5.59. The van der Waals surface area contributed by atoms with Gasteiger partial charge < -0.3 is 15.4 Å². The highest BCUT2D eigenvalue weighted by Gasteiger charge is 2.23. The normalized spacial score (nSPS) is 17.7. The molecule has 120 valence electrons. The number of carbonyl (C=O) groups is 2. The molecule has 0 heterocycles. The number of nitrogens with one attached hydrogen (secondary N) is 2. The van der Waals surface area contributed by atoms with Crippen molar-refractivity contribution >= 4 is 12.0 Å². The molecule has 2 amide bonds. The van der Waals surface area contributed by atoms with Crippen LogP contribution in [0.15, 0.2) is 12.2 Å². The number of hydrogen-bond acceptors (Lipinski definition) is 3. The molecule has 0 aromatic rings. The monoisotopic (exact) mass is 296 g/mol. The van der Waals surface area contributed by atoms with Crippen LogP contribution in [0.25, 0.3) is 0 Å². The first-order chi connectivity index (χ1) is 9.81. The van der Waals surface area contributed by atoms with Crippen LogP contribution < -0.4 is 10.6 Å². The Bertz CT molecular complexity index is 379. The van der Waals surface area contributed by atoms with Gasteiger partial charge >= 0.3 is 6.09 Å². The van der Waals surface area contributed by atoms with E-state index < -0.39 is 12.2 Å². The van der Waals surface area contributed by atoms with Gasteiger partial charge in [0.25, 0.3) is 5.91 Å². The maximum atomic E-state index is 11.8. The lowest BCUT2D eigenvalue weighted by molar-refractivity contribution is -0.128. The molecule has 21 heavy (non-hydrogen) atoms. The van der Waals surface area contributed by atoms with Crippen molar-refractivity contribution < 1.29 is 14.3 Å². The average molecular weight is 296 g/mol. The summed E-state index contributed by atoms with van der Waals surface area (Å²) in [6.07, 6.45) is 8.15. The van der Waals surface area contributed by atoms with E-state index in [1.54, 1.807) is 7.05 Å². The smallest absolute Gasteiger partial charge is 0.408 e. The summed E-state index contributed by atoms with van der Waals surface area (Å²) < 4.78 is 5.23. The first-order valence-electron chi connectivity index (χ1n) is 7.69. The van der Waals surface area contributed by atoms with E-state index in [2.05, 4.69) is 16.7 Å². The number of alkyl carbamates (subject to hydrolysis) is 1. The Kier molecular flexibility index (Phi) is 6.72. The van der Waals surface area contributed by atoms with Crippen LogP contribution >= 0.6 is 0 Å². The van der Waals surface area contributed by atoms with Crippen LogP contribution in [-0.2, 0) is 9.53 Å². The van der Waals surface area contributed by atoms with Gasteiger partial charge in [-0.3, -0.25) is 4.79 Å². The van der Waals surface area contributed by atoms with Gasteiger partial charge in [-0.2, -0.15) is 0 Å². The largest absolute Gasteiger partial charge is 0.436 e. The Morgan fingerprint density at radius 3 is 2.43 bits per heavy atom. The minimum Gasteiger partial charge on any atom is -0.436 e. The van der Waals surface area contributed by atoms with E-state index >= 15 is 0 Å². The van der Waals surface area contributed by atoms with E-state index in [4.69, 9.17) is 4.74 Å². The maximum Gasteiger partial charge on any atom is 0.408 e. The minimum atomic E-state index is -0.782. The van der Waals surface area contributed by atoms with E-state index in [1.165, 1.54) is 25.7 Å². The first-order valence-corrected chi connectivity index (χ1v) is 7.69. The molecule has 0 saturated heterocycles. The fraction of sp³-hybridized carbons (Fsp3) is 0.750. The highest BCUT2D eigenvalue weighted by molar-refractivity contribution is 5.83. The van der Waals surface area contributed by atoms with Gasteiger partial charge in [0.05, 0.1) is 0 Å². The van der Waals surface area contributed by atoms with E-state index in [0.29, 0.717) is 12.3 Å². The molecule has 1 rings (SSSR count). The summed E-state index contributed by atoms with van der Waals surface area (Å²) in [5, 5.41) is 5.23. The summed E-state index contributed by atoms with van der Waals surface area (Å²) in [5.41, 5.74) is -0.385. The van der Waals surface area contributed by atoms with E-state index in [-0.39, 0.29) is 11.4 Å². The zero-order valence-electron chi connectivity index (χ0n) is 13.6. The molecule has 1 atom stereocenters. The van der Waals surface area contributed by atoms with Gasteiger partial charge in [-0.05, 0) is 39.5 Å². The minimum absolute atomic E-state index is 0.282. The highest BCUT2D eigenvalue weighted by atomic mass is 16.6. The van der Waals surface area contributed by atoms with Gasteiger partial charge in [-0.15, -0.1) is 0 Å². The van der Waals surface area contributed by atoms with Crippen LogP contribution in [0.4, 0.5) is 4.79 Å². The summed E-state index contributed by atoms with van der Waals surface area (Å²) in [4.78, 5) is 23.6. The summed E-state index contributed by atoms with van der Waals surface area (Å²) >= 11 is 0. The third-order valence-corrected chi connectivity index (χ3v) is 3.42. The van der Waals surface area contributed by atoms with Crippen molar-refractivity contribution in [2.75, 3.05) is 7.05 Å². The molecular formula is C16H28N2O3. The Morgan fingerprint density at radius 1 is 1.29 bits per heavy atom. The first kappa shape index (κ1) is 17.5. The molecule has 5 nitrogen and oxygen atoms in total. The zero-order chi connectivity index (χ0) is 15.9. The van der Waals surface area contributed by atoms with Gasteiger partial charge in [0, 0.05) is 19.0 Å². The Balaban J connectivity index is 2.51. The summed E-state index contributed by atoms with van der Waals surface area (Å²) in [6, 6.07) is 0. The molecule has 0 aromatic carbocycles. The predicted molar refractivity (Wildman–Crippen MR) is 82.9 cm³/mol. The van der Waals surface area contributed by atoms with Crippen molar-refractivity contribution in [3.63, 3.8) is 0 Å². The molecule has 1 aliphatic carbocycles. The molecule has 0 unspecified atom stereocenters. The molecule has 0 aromatic heterocycles. The van der Waals surface area contributed by atoms with Crippen LogP contribution in [0.5, 0.6) is 0 Å². The van der Waals surface area contributed by atoms with Crippen LogP contribution in [0.1, 0.15) is 52.9 Å². The molecule has 0 radical (unpaired) electrons. The van der Waals surface area contributed by atoms with Crippen molar-refractivity contribution in [2.24, 2.45) is 5.92 Å². The third-order valence-electron chi connectivity index (χ3n) is 3.42. The van der Waals surface area contributed by atoms with Gasteiger partial charge in [0.2, 0.25) is 0 Å². The van der Waals surface area contributed by atoms with Crippen molar-refractivity contribution in [3.05, 3.63) is 12.2 Å². The molecule has 5 heteroatoms. The maximum absolute atomic E-state index is 11.8. The van der Waals surface area contributed by atoms with Crippen LogP contribution in [0.3, 0.4) is 0 Å². The van der Waals surface area contributed by atoms with Crippen LogP contribution in [0.2, 0.25) is 0 Å². The van der Waals surface area contributed by atoms with Crippen molar-refractivity contribution in [1.82, 2.24) is 10.6 Å². The van der Waals surface area contributed by atoms with Gasteiger partial charge in [0.15, 0.2) is 6.10 Å². The van der Waals surface area contributed by atoms with E-state index in [9.17, 15) is 9.59 Å². The Morgan fingerprint density at radius 2 is 1.90 bits per heavy atom. The zero-order valence-corrected chi connectivity index (χ0v) is 13.6. The second-order valence-corrected chi connectivity index (χ2v) is 6.59. The van der Waals surface area contributed by atoms with Gasteiger partial charge in [-0.25, -0.2) is 4.79 Å². The molecular weight excluding hydrogens is 268 g/mol.